The van der Waals surface area contributed by atoms with Crippen molar-refractivity contribution in [3.63, 3.8) is 0 Å². The molecule has 0 spiro atoms. The first kappa shape index (κ1) is 13.8. The minimum Gasteiger partial charge on any atom is -0.334 e. The molecule has 102 valence electrons. The molecule has 2 rings (SSSR count). The van der Waals surface area contributed by atoms with Gasteiger partial charge < -0.3 is 4.57 Å². The van der Waals surface area contributed by atoms with E-state index >= 15 is 0 Å². The molecule has 0 atom stereocenters. The van der Waals surface area contributed by atoms with Gasteiger partial charge in [0.15, 0.2) is 10.8 Å². The van der Waals surface area contributed by atoms with Gasteiger partial charge >= 0.3 is 0 Å². The Morgan fingerprint density at radius 2 is 2.11 bits per heavy atom. The second-order valence-corrected chi connectivity index (χ2v) is 5.76. The van der Waals surface area contributed by atoms with Crippen LogP contribution in [0.1, 0.15) is 12.7 Å². The Labute approximate surface area is 115 Å². The van der Waals surface area contributed by atoms with E-state index in [0.717, 1.165) is 0 Å². The van der Waals surface area contributed by atoms with E-state index in [0.29, 0.717) is 12.4 Å². The predicted molar refractivity (Wildman–Crippen MR) is 70.5 cm³/mol. The molecule has 0 radical (unpaired) electrons. The average Bonchev–Trinajstić information content (AvgIpc) is 2.71. The third-order valence-corrected chi connectivity index (χ3v) is 3.82. The van der Waals surface area contributed by atoms with Crippen molar-refractivity contribution in [1.29, 1.82) is 0 Å². The van der Waals surface area contributed by atoms with Crippen molar-refractivity contribution in [3.8, 4) is 0 Å². The number of halogens is 1. The fourth-order valence-electron chi connectivity index (χ4n) is 1.51. The maximum absolute atomic E-state index is 12.1. The summed E-state index contributed by atoms with van der Waals surface area (Å²) in [5.41, 5.74) is 0. The number of rotatable bonds is 4. The van der Waals surface area contributed by atoms with Crippen molar-refractivity contribution >= 4 is 27.4 Å². The third kappa shape index (κ3) is 3.02. The van der Waals surface area contributed by atoms with E-state index in [1.165, 1.54) is 18.6 Å². The maximum Gasteiger partial charge on any atom is 0.282 e. The molecule has 0 aliphatic carbocycles. The first-order chi connectivity index (χ1) is 8.92. The Hall–Kier alpha value is -1.67. The molecule has 0 aliphatic heterocycles. The topological polar surface area (TPSA) is 89.8 Å². The van der Waals surface area contributed by atoms with Gasteiger partial charge in [-0.25, -0.2) is 9.97 Å². The van der Waals surface area contributed by atoms with Gasteiger partial charge in [-0.15, -0.1) is 0 Å². The Morgan fingerprint density at radius 3 is 2.68 bits per heavy atom. The molecular formula is C10H12ClN5O2S. The van der Waals surface area contributed by atoms with E-state index < -0.39 is 10.0 Å². The van der Waals surface area contributed by atoms with Gasteiger partial charge in [0, 0.05) is 12.7 Å². The van der Waals surface area contributed by atoms with Crippen LogP contribution in [0.5, 0.6) is 0 Å². The summed E-state index contributed by atoms with van der Waals surface area (Å²) in [4.78, 5) is 11.6. The Morgan fingerprint density at radius 1 is 1.37 bits per heavy atom. The molecule has 1 N–H and O–H groups in total. The summed E-state index contributed by atoms with van der Waals surface area (Å²) in [7, 11) is -3.78. The number of anilines is 1. The summed E-state index contributed by atoms with van der Waals surface area (Å²) in [6.07, 6.45) is 4.05. The summed E-state index contributed by atoms with van der Waals surface area (Å²) in [6.45, 7) is 4.29. The van der Waals surface area contributed by atoms with E-state index in [1.54, 1.807) is 11.5 Å². The molecule has 0 fully saturated rings. The summed E-state index contributed by atoms with van der Waals surface area (Å²) in [6, 6.07) is 0. The van der Waals surface area contributed by atoms with Crippen molar-refractivity contribution in [3.05, 3.63) is 29.6 Å². The van der Waals surface area contributed by atoms with Gasteiger partial charge in [-0.05, 0) is 13.8 Å². The molecule has 0 unspecified atom stereocenters. The summed E-state index contributed by atoms with van der Waals surface area (Å²) in [5, 5.41) is 0.0455. The quantitative estimate of drug-likeness (QED) is 0.923. The SMILES string of the molecule is CCn1cc(S(=O)(=O)Nc2cncc(Cl)n2)nc1C. The van der Waals surface area contributed by atoms with Crippen LogP contribution in [0.4, 0.5) is 5.82 Å². The Balaban J connectivity index is 2.32. The highest BCUT2D eigenvalue weighted by molar-refractivity contribution is 7.92. The van der Waals surface area contributed by atoms with Crippen LogP contribution in [0.15, 0.2) is 23.6 Å². The normalized spacial score (nSPS) is 11.5. The van der Waals surface area contributed by atoms with Gasteiger partial charge in [0.2, 0.25) is 0 Å². The van der Waals surface area contributed by atoms with Gasteiger partial charge in [-0.2, -0.15) is 8.42 Å². The zero-order valence-corrected chi connectivity index (χ0v) is 11.9. The molecule has 0 saturated carbocycles. The lowest BCUT2D eigenvalue weighted by molar-refractivity contribution is 0.597. The maximum atomic E-state index is 12.1. The highest BCUT2D eigenvalue weighted by Crippen LogP contribution is 2.14. The molecule has 0 aromatic carbocycles. The third-order valence-electron chi connectivity index (χ3n) is 2.41. The lowest BCUT2D eigenvalue weighted by Crippen LogP contribution is -2.14. The van der Waals surface area contributed by atoms with E-state index in [9.17, 15) is 8.42 Å². The summed E-state index contributed by atoms with van der Waals surface area (Å²) >= 11 is 5.64. The summed E-state index contributed by atoms with van der Waals surface area (Å²) in [5.74, 6) is 0.677. The molecule has 0 amide bonds. The Kier molecular flexibility index (Phi) is 3.72. The number of hydrogen-bond acceptors (Lipinski definition) is 5. The number of nitrogens with one attached hydrogen (secondary N) is 1. The van der Waals surface area contributed by atoms with Crippen molar-refractivity contribution in [1.82, 2.24) is 19.5 Å². The standard InChI is InChI=1S/C10H12ClN5O2S/c1-3-16-6-10(13-7(16)2)19(17,18)15-9-5-12-4-8(11)14-9/h4-6H,3H2,1-2H3,(H,14,15). The van der Waals surface area contributed by atoms with Crippen LogP contribution in [0.3, 0.4) is 0 Å². The average molecular weight is 302 g/mol. The smallest absolute Gasteiger partial charge is 0.282 e. The fraction of sp³-hybridized carbons (Fsp3) is 0.300. The highest BCUT2D eigenvalue weighted by atomic mass is 35.5. The zero-order chi connectivity index (χ0) is 14.0. The van der Waals surface area contributed by atoms with Crippen LogP contribution >= 0.6 is 11.6 Å². The van der Waals surface area contributed by atoms with Crippen molar-refractivity contribution in [2.45, 2.75) is 25.4 Å². The number of aryl methyl sites for hydroxylation is 2. The van der Waals surface area contributed by atoms with Crippen LogP contribution in [0, 0.1) is 6.92 Å². The van der Waals surface area contributed by atoms with Gasteiger partial charge in [0.05, 0.1) is 12.4 Å². The number of sulfonamides is 1. The van der Waals surface area contributed by atoms with Crippen LogP contribution in [-0.4, -0.2) is 27.9 Å². The largest absolute Gasteiger partial charge is 0.334 e. The zero-order valence-electron chi connectivity index (χ0n) is 10.3. The first-order valence-electron chi connectivity index (χ1n) is 5.46. The van der Waals surface area contributed by atoms with Crippen LogP contribution in [0.2, 0.25) is 5.15 Å². The molecule has 2 aromatic rings. The predicted octanol–water partition coefficient (Wildman–Crippen LogP) is 1.46. The van der Waals surface area contributed by atoms with Gasteiger partial charge in [0.1, 0.15) is 11.0 Å². The van der Waals surface area contributed by atoms with E-state index in [4.69, 9.17) is 11.6 Å². The monoisotopic (exact) mass is 301 g/mol. The fourth-order valence-corrected chi connectivity index (χ4v) is 2.65. The number of hydrogen-bond donors (Lipinski definition) is 1. The molecular weight excluding hydrogens is 290 g/mol. The van der Waals surface area contributed by atoms with E-state index in [-0.39, 0.29) is 16.0 Å². The molecule has 0 saturated heterocycles. The second-order valence-electron chi connectivity index (χ2n) is 3.74. The van der Waals surface area contributed by atoms with Gasteiger partial charge in [-0.1, -0.05) is 11.6 Å². The minimum atomic E-state index is -3.78. The highest BCUT2D eigenvalue weighted by Gasteiger charge is 2.19. The van der Waals surface area contributed by atoms with E-state index in [1.807, 2.05) is 6.92 Å². The number of nitrogens with zero attached hydrogens (tertiary/aromatic N) is 4. The van der Waals surface area contributed by atoms with Crippen molar-refractivity contribution < 1.29 is 8.42 Å². The molecule has 0 aliphatic rings. The molecule has 2 heterocycles. The van der Waals surface area contributed by atoms with Crippen molar-refractivity contribution in [2.24, 2.45) is 0 Å². The Bertz CT molecular complexity index is 698. The van der Waals surface area contributed by atoms with Crippen LogP contribution in [0.25, 0.3) is 0 Å². The first-order valence-corrected chi connectivity index (χ1v) is 7.32. The van der Waals surface area contributed by atoms with E-state index in [2.05, 4.69) is 19.7 Å². The molecule has 19 heavy (non-hydrogen) atoms. The molecule has 9 heteroatoms. The molecule has 2 aromatic heterocycles. The molecule has 7 nitrogen and oxygen atoms in total. The van der Waals surface area contributed by atoms with Crippen LogP contribution in [-0.2, 0) is 16.6 Å². The molecule has 0 bridgehead atoms. The lowest BCUT2D eigenvalue weighted by Gasteiger charge is -2.04. The van der Waals surface area contributed by atoms with Crippen LogP contribution < -0.4 is 4.72 Å². The van der Waals surface area contributed by atoms with Crippen molar-refractivity contribution in [2.75, 3.05) is 4.72 Å². The lowest BCUT2D eigenvalue weighted by atomic mass is 10.6. The summed E-state index contributed by atoms with van der Waals surface area (Å²) < 4.78 is 28.2. The van der Waals surface area contributed by atoms with Gasteiger partial charge in [-0.3, -0.25) is 9.71 Å². The number of imidazole rings is 1. The number of aromatic nitrogens is 4. The minimum absolute atomic E-state index is 0.0520. The van der Waals surface area contributed by atoms with Gasteiger partial charge in [0.25, 0.3) is 10.0 Å². The second kappa shape index (κ2) is 5.14.